The van der Waals surface area contributed by atoms with Crippen LogP contribution in [0.1, 0.15) is 114 Å². The van der Waals surface area contributed by atoms with E-state index < -0.39 is 59.0 Å². The Morgan fingerprint density at radius 2 is 1.50 bits per heavy atom. The van der Waals surface area contributed by atoms with E-state index >= 15 is 0 Å². The first-order valence-corrected chi connectivity index (χ1v) is 16.9. The number of ketones is 1. The summed E-state index contributed by atoms with van der Waals surface area (Å²) in [5.41, 5.74) is -1.59. The molecule has 3 fully saturated rings. The molecule has 3 rings (SSSR count). The number of fused-ring (bicyclic) bond motifs is 1. The summed E-state index contributed by atoms with van der Waals surface area (Å²) in [6.45, 7) is 16.8. The fourth-order valence-electron chi connectivity index (χ4n) is 7.01. The van der Waals surface area contributed by atoms with Crippen molar-refractivity contribution < 1.29 is 38.2 Å². The van der Waals surface area contributed by atoms with Crippen LogP contribution < -0.4 is 16.0 Å². The first-order chi connectivity index (χ1) is 21.3. The zero-order chi connectivity index (χ0) is 34.6. The number of amides is 4. The number of Topliss-reactive ketones (excluding diaryl/α,β-unsaturated/α-hetero) is 1. The lowest BCUT2D eigenvalue weighted by atomic mass is 9.83. The summed E-state index contributed by atoms with van der Waals surface area (Å²) >= 11 is 0. The van der Waals surface area contributed by atoms with Crippen LogP contribution in [-0.2, 0) is 33.4 Å². The van der Waals surface area contributed by atoms with E-state index in [1.807, 2.05) is 6.92 Å². The quantitative estimate of drug-likeness (QED) is 0.214. The van der Waals surface area contributed by atoms with E-state index in [1.165, 1.54) is 0 Å². The van der Waals surface area contributed by atoms with Gasteiger partial charge in [-0.2, -0.15) is 0 Å². The molecule has 0 radical (unpaired) electrons. The molecule has 0 bridgehead atoms. The molecule has 0 spiro atoms. The number of carbonyl (C=O) groups is 6. The van der Waals surface area contributed by atoms with Gasteiger partial charge in [0.25, 0.3) is 5.91 Å². The monoisotopic (exact) mass is 648 g/mol. The number of nitrogens with one attached hydrogen (secondary N) is 3. The number of ether oxygens (including phenoxy) is 2. The van der Waals surface area contributed by atoms with Gasteiger partial charge in [-0.15, -0.1) is 0 Å². The third-order valence-corrected chi connectivity index (χ3v) is 9.29. The number of likely N-dealkylation sites (tertiary alicyclic amines) is 1. The van der Waals surface area contributed by atoms with Crippen molar-refractivity contribution in [3.8, 4) is 0 Å². The summed E-state index contributed by atoms with van der Waals surface area (Å²) < 4.78 is 10.7. The minimum atomic E-state index is -1.09. The van der Waals surface area contributed by atoms with E-state index in [0.717, 1.165) is 32.1 Å². The van der Waals surface area contributed by atoms with Gasteiger partial charge >= 0.3 is 12.1 Å². The third-order valence-electron chi connectivity index (χ3n) is 9.29. The highest BCUT2D eigenvalue weighted by molar-refractivity contribution is 6.38. The largest absolute Gasteiger partial charge is 0.460 e. The van der Waals surface area contributed by atoms with Gasteiger partial charge in [-0.25, -0.2) is 4.79 Å². The summed E-state index contributed by atoms with van der Waals surface area (Å²) in [7, 11) is 0. The highest BCUT2D eigenvalue weighted by atomic mass is 16.6. The number of hydrogen-bond donors (Lipinski definition) is 3. The van der Waals surface area contributed by atoms with Gasteiger partial charge in [0.15, 0.2) is 0 Å². The van der Waals surface area contributed by atoms with Gasteiger partial charge in [-0.05, 0) is 84.0 Å². The topological polar surface area (TPSA) is 160 Å². The highest BCUT2D eigenvalue weighted by Crippen LogP contribution is 2.65. The highest BCUT2D eigenvalue weighted by Gasteiger charge is 2.69. The van der Waals surface area contributed by atoms with Gasteiger partial charge in [-0.3, -0.25) is 24.0 Å². The molecule has 1 aliphatic heterocycles. The maximum atomic E-state index is 14.3. The Morgan fingerprint density at radius 1 is 0.891 bits per heavy atom. The Balaban J connectivity index is 1.75. The molecule has 0 aromatic carbocycles. The molecule has 3 aliphatic rings. The van der Waals surface area contributed by atoms with Crippen molar-refractivity contribution in [2.24, 2.45) is 23.2 Å². The van der Waals surface area contributed by atoms with Crippen LogP contribution in [0, 0.1) is 23.2 Å². The Labute approximate surface area is 273 Å². The van der Waals surface area contributed by atoms with E-state index in [0.29, 0.717) is 13.0 Å². The summed E-state index contributed by atoms with van der Waals surface area (Å²) in [5.74, 6) is -3.13. The fraction of sp³-hybridized carbons (Fsp3) is 0.824. The third kappa shape index (κ3) is 9.67. The second-order valence-electron chi connectivity index (χ2n) is 15.7. The van der Waals surface area contributed by atoms with E-state index in [4.69, 9.17) is 9.47 Å². The number of rotatable bonds is 12. The minimum absolute atomic E-state index is 0.0810. The molecule has 260 valence electrons. The van der Waals surface area contributed by atoms with Gasteiger partial charge in [-0.1, -0.05) is 46.5 Å². The van der Waals surface area contributed by atoms with Crippen LogP contribution >= 0.6 is 0 Å². The lowest BCUT2D eigenvalue weighted by Crippen LogP contribution is -2.59. The number of alkyl carbamates (subject to hydrolysis) is 1. The lowest BCUT2D eigenvalue weighted by Gasteiger charge is -2.37. The zero-order valence-electron chi connectivity index (χ0n) is 29.2. The van der Waals surface area contributed by atoms with Crippen molar-refractivity contribution in [1.29, 1.82) is 0 Å². The maximum absolute atomic E-state index is 14.3. The van der Waals surface area contributed by atoms with Crippen LogP contribution in [0.15, 0.2) is 0 Å². The van der Waals surface area contributed by atoms with E-state index in [9.17, 15) is 28.8 Å². The Morgan fingerprint density at radius 3 is 2.07 bits per heavy atom. The number of hydrogen-bond acceptors (Lipinski definition) is 8. The van der Waals surface area contributed by atoms with Crippen LogP contribution in [0.3, 0.4) is 0 Å². The average Bonchev–Trinajstić information content (AvgIpc) is 3.25. The first kappa shape index (κ1) is 37.3. The molecule has 0 aromatic heterocycles. The van der Waals surface area contributed by atoms with Crippen molar-refractivity contribution in [1.82, 2.24) is 20.9 Å². The van der Waals surface area contributed by atoms with Crippen molar-refractivity contribution in [2.75, 3.05) is 13.1 Å². The summed E-state index contributed by atoms with van der Waals surface area (Å²) in [5, 5.41) is 8.10. The van der Waals surface area contributed by atoms with Crippen LogP contribution in [0.25, 0.3) is 0 Å². The summed E-state index contributed by atoms with van der Waals surface area (Å²) in [6, 6.07) is -2.78. The van der Waals surface area contributed by atoms with Crippen LogP contribution in [0.2, 0.25) is 0 Å². The molecule has 3 unspecified atom stereocenters. The molecule has 4 amide bonds. The van der Waals surface area contributed by atoms with E-state index in [1.54, 1.807) is 46.4 Å². The molecule has 5 atom stereocenters. The smallest absolute Gasteiger partial charge is 0.408 e. The maximum Gasteiger partial charge on any atom is 0.408 e. The number of carbonyl (C=O) groups excluding carboxylic acids is 6. The van der Waals surface area contributed by atoms with Gasteiger partial charge in [0.05, 0.1) is 12.5 Å². The molecular formula is C34H56N4O8. The summed E-state index contributed by atoms with van der Waals surface area (Å²) in [4.78, 5) is 80.6. The van der Waals surface area contributed by atoms with Crippen LogP contribution in [0.5, 0.6) is 0 Å². The minimum Gasteiger partial charge on any atom is -0.460 e. The number of piperidine rings is 1. The van der Waals surface area contributed by atoms with E-state index in [2.05, 4.69) is 29.8 Å². The normalized spacial score (nSPS) is 23.8. The van der Waals surface area contributed by atoms with Gasteiger partial charge in [0.1, 0.15) is 23.3 Å². The molecule has 2 saturated carbocycles. The standard InChI is InChI=1S/C34H56N4O8/c1-10-14-22(27(40)29(42)35-18-17-23(39)45-32(2,3)4)36-28(41)26-24-21(34(24,8)9)19-38(26)30(43)25(20-15-12-11-13-16-20)37-31(44)46-33(5,6)7/h20-22,24-26H,10-19H2,1-9H3,(H,35,42)(H,36,41)(H,37,44)/t21?,22-,24?,25?,26-/m0/s1. The summed E-state index contributed by atoms with van der Waals surface area (Å²) in [6.07, 6.45) is 4.52. The van der Waals surface area contributed by atoms with Crippen molar-refractivity contribution >= 4 is 35.6 Å². The average molecular weight is 649 g/mol. The zero-order valence-corrected chi connectivity index (χ0v) is 29.2. The number of esters is 1. The van der Waals surface area contributed by atoms with Gasteiger partial charge in [0, 0.05) is 13.1 Å². The molecule has 12 heteroatoms. The Kier molecular flexibility index (Phi) is 11.9. The molecule has 1 heterocycles. The van der Waals surface area contributed by atoms with Crippen LogP contribution in [-0.4, -0.2) is 82.9 Å². The fourth-order valence-corrected chi connectivity index (χ4v) is 7.01. The molecule has 0 aromatic rings. The molecule has 3 N–H and O–H groups in total. The molecular weight excluding hydrogens is 592 g/mol. The second-order valence-corrected chi connectivity index (χ2v) is 15.7. The molecule has 46 heavy (non-hydrogen) atoms. The van der Waals surface area contributed by atoms with Crippen molar-refractivity contribution in [2.45, 2.75) is 143 Å². The predicted molar refractivity (Wildman–Crippen MR) is 171 cm³/mol. The molecule has 12 nitrogen and oxygen atoms in total. The SMILES string of the molecule is CCC[C@H](NC(=O)[C@@H]1C2C(CN1C(=O)C(NC(=O)OC(C)(C)C)C1CCCCC1)C2(C)C)C(=O)C(=O)NCCC(=O)OC(C)(C)C. The molecule has 2 aliphatic carbocycles. The van der Waals surface area contributed by atoms with Gasteiger partial charge in [0.2, 0.25) is 17.6 Å². The van der Waals surface area contributed by atoms with E-state index in [-0.39, 0.29) is 48.5 Å². The van der Waals surface area contributed by atoms with Gasteiger partial charge < -0.3 is 30.3 Å². The van der Waals surface area contributed by atoms with Crippen LogP contribution in [0.4, 0.5) is 4.79 Å². The Hall–Kier alpha value is -3.18. The second kappa shape index (κ2) is 14.7. The lowest BCUT2D eigenvalue weighted by molar-refractivity contribution is -0.154. The predicted octanol–water partition coefficient (Wildman–Crippen LogP) is 3.65. The Bertz CT molecular complexity index is 1160. The molecule has 1 saturated heterocycles. The first-order valence-electron chi connectivity index (χ1n) is 16.9. The number of nitrogens with zero attached hydrogens (tertiary/aromatic N) is 1. The van der Waals surface area contributed by atoms with Crippen molar-refractivity contribution in [3.63, 3.8) is 0 Å². The van der Waals surface area contributed by atoms with Crippen molar-refractivity contribution in [3.05, 3.63) is 0 Å².